The van der Waals surface area contributed by atoms with Gasteiger partial charge < -0.3 is 14.7 Å². The second-order valence-corrected chi connectivity index (χ2v) is 6.69. The van der Waals surface area contributed by atoms with E-state index in [0.29, 0.717) is 36.9 Å². The van der Waals surface area contributed by atoms with Crippen LogP contribution in [-0.2, 0) is 11.3 Å². The molecule has 0 radical (unpaired) electrons. The van der Waals surface area contributed by atoms with Crippen molar-refractivity contribution in [1.82, 2.24) is 19.7 Å². The van der Waals surface area contributed by atoms with E-state index in [2.05, 4.69) is 10.1 Å². The van der Waals surface area contributed by atoms with Gasteiger partial charge in [-0.1, -0.05) is 0 Å². The zero-order valence-electron chi connectivity index (χ0n) is 13.4. The number of carboxylic acid groups (broad SMARTS) is 1. The monoisotopic (exact) mass is 350 g/mol. The predicted octanol–water partition coefficient (Wildman–Crippen LogP) is 1.20. The van der Waals surface area contributed by atoms with Crippen molar-refractivity contribution >= 4 is 23.2 Å². The van der Waals surface area contributed by atoms with Crippen molar-refractivity contribution in [1.29, 1.82) is 0 Å². The van der Waals surface area contributed by atoms with Crippen LogP contribution in [0.5, 0.6) is 0 Å². The number of thiophene rings is 1. The molecule has 2 aromatic rings. The molecule has 2 aromatic heterocycles. The summed E-state index contributed by atoms with van der Waals surface area (Å²) in [5.41, 5.74) is 0. The van der Waals surface area contributed by atoms with Crippen LogP contribution in [0.25, 0.3) is 0 Å². The number of hydrogen-bond acceptors (Lipinski definition) is 6. The van der Waals surface area contributed by atoms with E-state index in [1.54, 1.807) is 15.6 Å². The molecule has 9 heteroatoms. The zero-order chi connectivity index (χ0) is 17.3. The number of aromatic carboxylic acids is 1. The highest BCUT2D eigenvalue weighted by Gasteiger charge is 2.27. The molecule has 1 N–H and O–H groups in total. The van der Waals surface area contributed by atoms with Crippen molar-refractivity contribution in [3.05, 3.63) is 33.5 Å². The van der Waals surface area contributed by atoms with Gasteiger partial charge in [-0.2, -0.15) is 5.10 Å². The molecule has 0 saturated carbocycles. The Bertz CT molecular complexity index is 769. The van der Waals surface area contributed by atoms with E-state index in [4.69, 9.17) is 9.84 Å². The van der Waals surface area contributed by atoms with Crippen LogP contribution in [0.1, 0.15) is 31.0 Å². The fourth-order valence-electron chi connectivity index (χ4n) is 2.66. The number of nitrogens with zero attached hydrogens (tertiary/aromatic N) is 4. The molecule has 0 aliphatic carbocycles. The molecule has 1 saturated heterocycles. The lowest BCUT2D eigenvalue weighted by atomic mass is 10.2. The smallest absolute Gasteiger partial charge is 0.345 e. The Morgan fingerprint density at radius 1 is 1.38 bits per heavy atom. The maximum Gasteiger partial charge on any atom is 0.345 e. The standard InChI is InChI=1S/C15H18N4O4S/c1-9-16-10(2)19(17-9)8-11-7-18(5-6-23-11)14(20)12-3-4-13(24-12)15(21)22/h3-4,11H,5-8H2,1-2H3,(H,21,22). The Labute approximate surface area is 142 Å². The van der Waals surface area contributed by atoms with Gasteiger partial charge in [-0.25, -0.2) is 14.5 Å². The third kappa shape index (κ3) is 3.46. The summed E-state index contributed by atoms with van der Waals surface area (Å²) in [6.07, 6.45) is -0.165. The largest absolute Gasteiger partial charge is 0.477 e. The number of amides is 1. The quantitative estimate of drug-likeness (QED) is 0.890. The van der Waals surface area contributed by atoms with Crippen LogP contribution >= 0.6 is 11.3 Å². The second kappa shape index (κ2) is 6.70. The molecule has 24 heavy (non-hydrogen) atoms. The van der Waals surface area contributed by atoms with Crippen molar-refractivity contribution in [2.75, 3.05) is 19.7 Å². The number of morpholine rings is 1. The molecule has 128 valence electrons. The summed E-state index contributed by atoms with van der Waals surface area (Å²) < 4.78 is 7.51. The lowest BCUT2D eigenvalue weighted by Gasteiger charge is -2.32. The Morgan fingerprint density at radius 3 is 2.75 bits per heavy atom. The summed E-state index contributed by atoms with van der Waals surface area (Å²) in [5, 5.41) is 13.3. The van der Waals surface area contributed by atoms with E-state index in [0.717, 1.165) is 17.2 Å². The number of ether oxygens (including phenoxy) is 1. The van der Waals surface area contributed by atoms with Crippen molar-refractivity contribution in [3.8, 4) is 0 Å². The van der Waals surface area contributed by atoms with Crippen LogP contribution in [0.15, 0.2) is 12.1 Å². The third-order valence-corrected chi connectivity index (χ3v) is 4.85. The van der Waals surface area contributed by atoms with Gasteiger partial charge in [0.15, 0.2) is 0 Å². The molecule has 1 aliphatic rings. The molecule has 0 spiro atoms. The normalized spacial score (nSPS) is 17.9. The maximum atomic E-state index is 12.6. The Kier molecular flexibility index (Phi) is 4.63. The van der Waals surface area contributed by atoms with Gasteiger partial charge in [0.1, 0.15) is 16.5 Å². The highest BCUT2D eigenvalue weighted by atomic mass is 32.1. The van der Waals surface area contributed by atoms with Crippen molar-refractivity contribution in [3.63, 3.8) is 0 Å². The average molecular weight is 350 g/mol. The van der Waals surface area contributed by atoms with Crippen LogP contribution in [0.4, 0.5) is 0 Å². The average Bonchev–Trinajstić information content (AvgIpc) is 3.14. The van der Waals surface area contributed by atoms with E-state index >= 15 is 0 Å². The molecule has 0 aromatic carbocycles. The predicted molar refractivity (Wildman–Crippen MR) is 86.4 cm³/mol. The summed E-state index contributed by atoms with van der Waals surface area (Å²) in [7, 11) is 0. The number of carboxylic acids is 1. The van der Waals surface area contributed by atoms with Crippen molar-refractivity contribution in [2.24, 2.45) is 0 Å². The van der Waals surface area contributed by atoms with Gasteiger partial charge in [0.2, 0.25) is 0 Å². The molecule has 0 bridgehead atoms. The molecule has 8 nitrogen and oxygen atoms in total. The van der Waals surface area contributed by atoms with E-state index in [1.165, 1.54) is 6.07 Å². The lowest BCUT2D eigenvalue weighted by Crippen LogP contribution is -2.47. The van der Waals surface area contributed by atoms with E-state index in [-0.39, 0.29) is 16.9 Å². The molecule has 3 rings (SSSR count). The topological polar surface area (TPSA) is 97.6 Å². The summed E-state index contributed by atoms with van der Waals surface area (Å²) in [5.74, 6) is 0.336. The van der Waals surface area contributed by atoms with E-state index < -0.39 is 5.97 Å². The first-order valence-corrected chi connectivity index (χ1v) is 8.37. The third-order valence-electron chi connectivity index (χ3n) is 3.79. The second-order valence-electron chi connectivity index (χ2n) is 5.60. The number of hydrogen-bond donors (Lipinski definition) is 1. The van der Waals surface area contributed by atoms with Gasteiger partial charge in [-0.05, 0) is 26.0 Å². The highest BCUT2D eigenvalue weighted by Crippen LogP contribution is 2.20. The van der Waals surface area contributed by atoms with Gasteiger partial charge in [0, 0.05) is 13.1 Å². The van der Waals surface area contributed by atoms with Crippen molar-refractivity contribution in [2.45, 2.75) is 26.5 Å². The number of aryl methyl sites for hydroxylation is 2. The molecule has 1 aliphatic heterocycles. The summed E-state index contributed by atoms with van der Waals surface area (Å²) in [6, 6.07) is 3.02. The number of carbonyl (C=O) groups excluding carboxylic acids is 1. The Balaban J connectivity index is 1.67. The van der Waals surface area contributed by atoms with Crippen LogP contribution in [-0.4, -0.2) is 62.4 Å². The summed E-state index contributed by atoms with van der Waals surface area (Å²) >= 11 is 0.995. The first-order valence-electron chi connectivity index (χ1n) is 7.56. The molecule has 1 unspecified atom stereocenters. The van der Waals surface area contributed by atoms with Crippen LogP contribution < -0.4 is 0 Å². The Hall–Kier alpha value is -2.26. The van der Waals surface area contributed by atoms with E-state index in [9.17, 15) is 9.59 Å². The van der Waals surface area contributed by atoms with Gasteiger partial charge >= 0.3 is 5.97 Å². The highest BCUT2D eigenvalue weighted by molar-refractivity contribution is 7.15. The lowest BCUT2D eigenvalue weighted by molar-refractivity contribution is -0.0301. The molecule has 1 amide bonds. The maximum absolute atomic E-state index is 12.6. The molecule has 1 fully saturated rings. The minimum Gasteiger partial charge on any atom is -0.477 e. The molecule has 1 atom stereocenters. The summed E-state index contributed by atoms with van der Waals surface area (Å²) in [4.78, 5) is 30.1. The fourth-order valence-corrected chi connectivity index (χ4v) is 3.48. The summed E-state index contributed by atoms with van der Waals surface area (Å²) in [6.45, 7) is 5.62. The van der Waals surface area contributed by atoms with Crippen LogP contribution in [0.3, 0.4) is 0 Å². The van der Waals surface area contributed by atoms with Gasteiger partial charge in [0.05, 0.1) is 24.1 Å². The van der Waals surface area contributed by atoms with Gasteiger partial charge in [0.25, 0.3) is 5.91 Å². The first kappa shape index (κ1) is 16.6. The van der Waals surface area contributed by atoms with Crippen LogP contribution in [0, 0.1) is 13.8 Å². The number of rotatable bonds is 4. The minimum atomic E-state index is -1.02. The first-order chi connectivity index (χ1) is 11.4. The molecular weight excluding hydrogens is 332 g/mol. The number of carbonyl (C=O) groups is 2. The SMILES string of the molecule is Cc1nc(C)n(CC2CN(C(=O)c3ccc(C(=O)O)s3)CCO2)n1. The number of aromatic nitrogens is 3. The zero-order valence-corrected chi connectivity index (χ0v) is 14.2. The Morgan fingerprint density at radius 2 is 2.12 bits per heavy atom. The van der Waals surface area contributed by atoms with Crippen molar-refractivity contribution < 1.29 is 19.4 Å². The van der Waals surface area contributed by atoms with E-state index in [1.807, 2.05) is 13.8 Å². The molecule has 3 heterocycles. The van der Waals surface area contributed by atoms with Crippen LogP contribution in [0.2, 0.25) is 0 Å². The van der Waals surface area contributed by atoms with Gasteiger partial charge in [-0.3, -0.25) is 4.79 Å². The molecular formula is C15H18N4O4S. The fraction of sp³-hybridized carbons (Fsp3) is 0.467. The minimum absolute atomic E-state index is 0.160. The van der Waals surface area contributed by atoms with Gasteiger partial charge in [-0.15, -0.1) is 11.3 Å².